The van der Waals surface area contributed by atoms with Gasteiger partial charge < -0.3 is 28.0 Å². The van der Waals surface area contributed by atoms with Crippen molar-refractivity contribution in [1.29, 1.82) is 5.26 Å². The Kier molecular flexibility index (Phi) is 13.3. The Balaban J connectivity index is 1.57. The number of aromatic nitrogens is 2. The van der Waals surface area contributed by atoms with Gasteiger partial charge >= 0.3 is 5.69 Å². The summed E-state index contributed by atoms with van der Waals surface area (Å²) in [5.41, 5.74) is -2.21. The smallest absolute Gasteiger partial charge is 0.330 e. The van der Waals surface area contributed by atoms with Crippen molar-refractivity contribution in [3.8, 4) is 17.6 Å². The molecule has 1 unspecified atom stereocenters. The van der Waals surface area contributed by atoms with Crippen molar-refractivity contribution in [2.75, 3.05) is 33.2 Å². The number of fused-ring (bicyclic) bond motifs is 2. The number of ether oxygens (including phenoxy) is 4. The van der Waals surface area contributed by atoms with E-state index in [0.29, 0.717) is 22.6 Å². The number of methoxy groups -OCH3 is 2. The van der Waals surface area contributed by atoms with E-state index in [-0.39, 0.29) is 37.3 Å². The summed E-state index contributed by atoms with van der Waals surface area (Å²) in [6.07, 6.45) is -0.968. The van der Waals surface area contributed by atoms with Gasteiger partial charge in [0.25, 0.3) is 14.1 Å². The third-order valence-electron chi connectivity index (χ3n) is 10.2. The summed E-state index contributed by atoms with van der Waals surface area (Å²) in [5, 5.41) is 9.40. The van der Waals surface area contributed by atoms with Crippen LogP contribution in [0.15, 0.2) is 94.6 Å². The van der Waals surface area contributed by atoms with Crippen LogP contribution < -0.4 is 25.4 Å². The number of sulfonamides is 1. The van der Waals surface area contributed by atoms with Gasteiger partial charge in [0.05, 0.1) is 51.7 Å². The van der Waals surface area contributed by atoms with Gasteiger partial charge in [0.1, 0.15) is 28.8 Å². The molecule has 3 aromatic carbocycles. The van der Waals surface area contributed by atoms with Gasteiger partial charge in [0, 0.05) is 23.8 Å². The van der Waals surface area contributed by atoms with Crippen LogP contribution in [0.5, 0.6) is 11.5 Å². The number of aromatic amines is 1. The molecule has 4 aromatic rings. The molecule has 2 fully saturated rings. The Morgan fingerprint density at radius 2 is 1.52 bits per heavy atom. The lowest BCUT2D eigenvalue weighted by Crippen LogP contribution is -2.63. The lowest BCUT2D eigenvalue weighted by molar-refractivity contribution is -0.146. The molecule has 0 spiro atoms. The third kappa shape index (κ3) is 8.64. The third-order valence-corrected chi connectivity index (χ3v) is 13.9. The quantitative estimate of drug-likeness (QED) is 0.0817. The molecule has 2 saturated heterocycles. The minimum atomic E-state index is -4.12. The number of aryl methyl sites for hydroxylation is 1. The molecular weight excluding hydrogens is 786 g/mol. The highest BCUT2D eigenvalue weighted by Gasteiger charge is 2.65. The zero-order valence-electron chi connectivity index (χ0n) is 33.6. The van der Waals surface area contributed by atoms with Gasteiger partial charge in [-0.1, -0.05) is 54.6 Å². The number of benzene rings is 3. The summed E-state index contributed by atoms with van der Waals surface area (Å²) in [7, 11) is -2.92. The van der Waals surface area contributed by atoms with E-state index in [1.165, 1.54) is 17.7 Å². The van der Waals surface area contributed by atoms with Crippen LogP contribution in [-0.4, -0.2) is 85.7 Å². The highest BCUT2D eigenvalue weighted by molar-refractivity contribution is 7.89. The molecule has 0 saturated carbocycles. The molecule has 1 aromatic heterocycles. The molecule has 2 aliphatic heterocycles. The predicted octanol–water partition coefficient (Wildman–Crippen LogP) is 5.10. The van der Waals surface area contributed by atoms with Crippen LogP contribution in [-0.2, 0) is 34.1 Å². The summed E-state index contributed by atoms with van der Waals surface area (Å²) in [5.74, 6) is 0.622. The molecule has 58 heavy (non-hydrogen) atoms. The van der Waals surface area contributed by atoms with Crippen molar-refractivity contribution in [3.05, 3.63) is 128 Å². The Morgan fingerprint density at radius 3 is 2.05 bits per heavy atom. The second-order valence-electron chi connectivity index (χ2n) is 14.8. The lowest BCUT2D eigenvalue weighted by atomic mass is 9.79. The highest BCUT2D eigenvalue weighted by atomic mass is 32.2. The summed E-state index contributed by atoms with van der Waals surface area (Å²) in [4.78, 5) is 28.3. The van der Waals surface area contributed by atoms with Crippen LogP contribution in [0.2, 0.25) is 0 Å². The van der Waals surface area contributed by atoms with Gasteiger partial charge in [0.15, 0.2) is 6.23 Å². The Bertz CT molecular complexity index is 2240. The molecule has 310 valence electrons. The summed E-state index contributed by atoms with van der Waals surface area (Å²) in [6, 6.07) is 25.1. The van der Waals surface area contributed by atoms with E-state index >= 15 is 0 Å². The average molecular weight is 836 g/mol. The van der Waals surface area contributed by atoms with Crippen molar-refractivity contribution in [2.24, 2.45) is 0 Å². The molecule has 0 radical (unpaired) electrons. The first-order valence-corrected chi connectivity index (χ1v) is 21.7. The van der Waals surface area contributed by atoms with E-state index in [9.17, 15) is 23.3 Å². The molecule has 0 aliphatic carbocycles. The summed E-state index contributed by atoms with van der Waals surface area (Å²) in [6.45, 7) is 9.18. The second kappa shape index (κ2) is 17.8. The molecule has 0 amide bonds. The Labute approximate surface area is 339 Å². The van der Waals surface area contributed by atoms with Gasteiger partial charge in [-0.05, 0) is 75.6 Å². The molecule has 2 N–H and O–H groups in total. The maximum Gasteiger partial charge on any atom is 0.330 e. The van der Waals surface area contributed by atoms with Crippen LogP contribution in [0.4, 0.5) is 0 Å². The SMILES string of the molecule is COc1ccc(C(OC[C@@]23CS(=O)(=O)N[C@@H]([C@H](n4cc(C)c(=O)[nH]c4=O)O2)[C@@H]3OP(OCCC#N)N(C(C)C)C(C)C)(c2ccccc2)c2ccc(OC)cc2)cc1. The number of nitriles is 1. The molecule has 2 bridgehead atoms. The molecule has 15 nitrogen and oxygen atoms in total. The predicted molar refractivity (Wildman–Crippen MR) is 218 cm³/mol. The Hall–Kier alpha value is -4.43. The fourth-order valence-electron chi connectivity index (χ4n) is 7.69. The van der Waals surface area contributed by atoms with E-state index in [1.54, 1.807) is 14.2 Å². The van der Waals surface area contributed by atoms with E-state index in [4.69, 9.17) is 28.0 Å². The van der Waals surface area contributed by atoms with Crippen molar-refractivity contribution in [3.63, 3.8) is 0 Å². The fraction of sp³-hybridized carbons (Fsp3) is 0.439. The zero-order chi connectivity index (χ0) is 41.8. The number of nitrogens with zero attached hydrogens (tertiary/aromatic N) is 3. The van der Waals surface area contributed by atoms with Crippen LogP contribution in [0.25, 0.3) is 0 Å². The minimum Gasteiger partial charge on any atom is -0.497 e. The van der Waals surface area contributed by atoms with E-state index in [1.807, 2.05) is 111 Å². The van der Waals surface area contributed by atoms with Gasteiger partial charge in [-0.25, -0.2) is 22.6 Å². The van der Waals surface area contributed by atoms with E-state index < -0.39 is 65.1 Å². The molecule has 3 heterocycles. The summed E-state index contributed by atoms with van der Waals surface area (Å²) >= 11 is 0. The Morgan fingerprint density at radius 1 is 0.948 bits per heavy atom. The molecule has 6 rings (SSSR count). The molecule has 2 aliphatic rings. The molecule has 5 atom stereocenters. The highest BCUT2D eigenvalue weighted by Crippen LogP contribution is 2.54. The van der Waals surface area contributed by atoms with Crippen LogP contribution >= 0.6 is 8.53 Å². The normalized spacial score (nSPS) is 21.9. The largest absolute Gasteiger partial charge is 0.497 e. The molecule has 17 heteroatoms. The maximum absolute atomic E-state index is 14.0. The number of nitrogens with one attached hydrogen (secondary N) is 2. The number of hydrogen-bond acceptors (Lipinski definition) is 12. The fourth-order valence-corrected chi connectivity index (χ4v) is 11.2. The minimum absolute atomic E-state index is 0.0552. The van der Waals surface area contributed by atoms with Crippen LogP contribution in [0.3, 0.4) is 0 Å². The van der Waals surface area contributed by atoms with E-state index in [0.717, 1.165) is 5.56 Å². The number of rotatable bonds is 17. The van der Waals surface area contributed by atoms with Gasteiger partial charge in [-0.2, -0.15) is 5.26 Å². The first-order chi connectivity index (χ1) is 27.7. The lowest BCUT2D eigenvalue weighted by Gasteiger charge is -2.44. The van der Waals surface area contributed by atoms with Crippen molar-refractivity contribution in [1.82, 2.24) is 18.9 Å². The average Bonchev–Trinajstić information content (AvgIpc) is 3.39. The van der Waals surface area contributed by atoms with Crippen molar-refractivity contribution >= 4 is 18.5 Å². The van der Waals surface area contributed by atoms with Crippen molar-refractivity contribution < 1.29 is 36.4 Å². The van der Waals surface area contributed by atoms with Gasteiger partial charge in [0.2, 0.25) is 10.0 Å². The second-order valence-corrected chi connectivity index (χ2v) is 18.0. The zero-order valence-corrected chi connectivity index (χ0v) is 35.3. The molecular formula is C41H50N5O10PS. The van der Waals surface area contributed by atoms with Crippen LogP contribution in [0, 0.1) is 18.3 Å². The van der Waals surface area contributed by atoms with Crippen molar-refractivity contribution in [2.45, 2.75) is 82.7 Å². The van der Waals surface area contributed by atoms with Gasteiger partial charge in [-0.3, -0.25) is 14.3 Å². The summed E-state index contributed by atoms with van der Waals surface area (Å²) < 4.78 is 72.5. The van der Waals surface area contributed by atoms with Gasteiger partial charge in [-0.15, -0.1) is 0 Å². The number of H-pyrrole nitrogens is 1. The number of hydrogen-bond donors (Lipinski definition) is 2. The monoisotopic (exact) mass is 835 g/mol. The maximum atomic E-state index is 14.0. The standard InChI is InChI=1S/C41H50N5O10PS/c1-27(2)46(28(3)4)57(54-23-11-22-42)56-36-35-38(45-24-29(5)37(47)43-39(45)48)55-40(36,26-58(49,50)44-35)25-53-41(30-12-9-8-10-13-30,31-14-18-33(51-6)19-15-31)32-16-20-34(52-7)21-17-32/h8-10,12-21,24,27-28,35-36,38,44H,11,23,25-26H2,1-7H3,(H,43,47,48)/t35-,36+,38-,40+,57?/m1/s1. The van der Waals surface area contributed by atoms with E-state index in [2.05, 4.69) is 15.8 Å². The topological polar surface area (TPSA) is 183 Å². The first-order valence-electron chi connectivity index (χ1n) is 18.9. The van der Waals surface area contributed by atoms with Crippen LogP contribution in [0.1, 0.15) is 62.6 Å². The first kappa shape index (κ1) is 43.2.